The first-order valence-corrected chi connectivity index (χ1v) is 17.0. The Morgan fingerprint density at radius 2 is 1.74 bits per heavy atom. The molecular formula is C34H57N3S. The van der Waals surface area contributed by atoms with Crippen LogP contribution in [-0.4, -0.2) is 16.9 Å². The van der Waals surface area contributed by atoms with E-state index in [0.717, 1.165) is 34.7 Å². The largest absolute Gasteiger partial charge is 0.359 e. The number of thiocarbonyl (C=S) groups is 1. The molecule has 0 bridgehead atoms. The van der Waals surface area contributed by atoms with E-state index in [1.165, 1.54) is 108 Å². The Bertz CT molecular complexity index is 901. The molecule has 0 aromatic heterocycles. The summed E-state index contributed by atoms with van der Waals surface area (Å²) in [7, 11) is 0. The van der Waals surface area contributed by atoms with Gasteiger partial charge in [0, 0.05) is 12.0 Å². The molecule has 0 radical (unpaired) electrons. The SMILES string of the molecule is CC(C)CCC[C@@H](C)[C@H]1CC[C@H]2[C@@H]3/C(=N\NC(=S)NC4CCCCC4)C=C4CCCC[C@]4(C)[C@H]3CC[C@]12C. The summed E-state index contributed by atoms with van der Waals surface area (Å²) in [5.74, 6) is 4.62. The van der Waals surface area contributed by atoms with Gasteiger partial charge < -0.3 is 5.32 Å². The second kappa shape index (κ2) is 11.9. The van der Waals surface area contributed by atoms with Crippen LogP contribution >= 0.6 is 12.2 Å². The van der Waals surface area contributed by atoms with Crippen molar-refractivity contribution in [2.75, 3.05) is 0 Å². The molecule has 0 aromatic rings. The molecule has 0 spiro atoms. The number of nitrogens with one attached hydrogen (secondary N) is 2. The Labute approximate surface area is 239 Å². The van der Waals surface area contributed by atoms with E-state index in [2.05, 4.69) is 51.4 Å². The van der Waals surface area contributed by atoms with Crippen molar-refractivity contribution in [3.63, 3.8) is 0 Å². The molecule has 0 aliphatic heterocycles. The van der Waals surface area contributed by atoms with E-state index in [1.807, 2.05) is 0 Å². The highest BCUT2D eigenvalue weighted by Gasteiger charge is 2.60. The minimum absolute atomic E-state index is 0.380. The minimum atomic E-state index is 0.380. The van der Waals surface area contributed by atoms with Crippen LogP contribution < -0.4 is 10.7 Å². The van der Waals surface area contributed by atoms with Crippen LogP contribution in [0.5, 0.6) is 0 Å². The Kier molecular flexibility index (Phi) is 8.97. The minimum Gasteiger partial charge on any atom is -0.359 e. The zero-order valence-corrected chi connectivity index (χ0v) is 26.1. The summed E-state index contributed by atoms with van der Waals surface area (Å²) in [4.78, 5) is 0. The predicted octanol–water partition coefficient (Wildman–Crippen LogP) is 9.18. The third-order valence-corrected chi connectivity index (χ3v) is 12.5. The molecule has 214 valence electrons. The summed E-state index contributed by atoms with van der Waals surface area (Å²) >= 11 is 5.76. The monoisotopic (exact) mass is 539 g/mol. The quantitative estimate of drug-likeness (QED) is 0.250. The summed E-state index contributed by atoms with van der Waals surface area (Å²) in [6, 6.07) is 0.522. The lowest BCUT2D eigenvalue weighted by atomic mass is 9.46. The Morgan fingerprint density at radius 1 is 0.947 bits per heavy atom. The molecule has 0 amide bonds. The van der Waals surface area contributed by atoms with Crippen molar-refractivity contribution in [3.8, 4) is 0 Å². The smallest absolute Gasteiger partial charge is 0.187 e. The lowest BCUT2D eigenvalue weighted by molar-refractivity contribution is -0.0215. The van der Waals surface area contributed by atoms with Gasteiger partial charge in [0.15, 0.2) is 5.11 Å². The maximum absolute atomic E-state index is 5.76. The molecule has 0 heterocycles. The van der Waals surface area contributed by atoms with Gasteiger partial charge in [-0.15, -0.1) is 0 Å². The third kappa shape index (κ3) is 5.64. The van der Waals surface area contributed by atoms with Gasteiger partial charge in [-0.2, -0.15) is 5.10 Å². The van der Waals surface area contributed by atoms with E-state index < -0.39 is 0 Å². The molecule has 0 aromatic carbocycles. The molecule has 5 aliphatic carbocycles. The van der Waals surface area contributed by atoms with Crippen LogP contribution in [0.25, 0.3) is 0 Å². The van der Waals surface area contributed by atoms with Crippen LogP contribution in [0.1, 0.15) is 137 Å². The summed E-state index contributed by atoms with van der Waals surface area (Å²) in [6.45, 7) is 12.6. The van der Waals surface area contributed by atoms with Crippen molar-refractivity contribution in [3.05, 3.63) is 11.6 Å². The fraction of sp³-hybridized carbons (Fsp3) is 0.882. The number of hydrogen-bond acceptors (Lipinski definition) is 2. The van der Waals surface area contributed by atoms with Gasteiger partial charge in [-0.3, -0.25) is 5.43 Å². The van der Waals surface area contributed by atoms with E-state index in [-0.39, 0.29) is 0 Å². The second-order valence-corrected chi connectivity index (χ2v) is 15.4. The van der Waals surface area contributed by atoms with Crippen LogP contribution in [0.4, 0.5) is 0 Å². The standard InChI is InChI=1S/C34H57N3S/c1-23(2)12-11-13-24(3)27-17-18-28-31-29(19-21-34(27,28)5)33(4)20-10-9-14-25(33)22-30(31)36-37-32(38)35-26-15-7-6-8-16-26/h22-24,26-29,31H,6-21H2,1-5H3,(H2,35,37,38)/b36-30-/t24-,27-,28+,29+,31+,33+,34-/m1/s1. The van der Waals surface area contributed by atoms with Gasteiger partial charge in [-0.25, -0.2) is 0 Å². The molecule has 4 heteroatoms. The summed E-state index contributed by atoms with van der Waals surface area (Å²) in [5.41, 5.74) is 7.23. The maximum Gasteiger partial charge on any atom is 0.187 e. The number of allylic oxidation sites excluding steroid dienone is 2. The Morgan fingerprint density at radius 3 is 2.50 bits per heavy atom. The van der Waals surface area contributed by atoms with Gasteiger partial charge in [-0.1, -0.05) is 85.1 Å². The van der Waals surface area contributed by atoms with Crippen LogP contribution in [0.15, 0.2) is 16.8 Å². The first-order chi connectivity index (χ1) is 18.2. The van der Waals surface area contributed by atoms with E-state index in [1.54, 1.807) is 5.57 Å². The maximum atomic E-state index is 5.76. The Balaban J connectivity index is 1.37. The van der Waals surface area contributed by atoms with Crippen LogP contribution in [0.3, 0.4) is 0 Å². The third-order valence-electron chi connectivity index (χ3n) is 12.3. The van der Waals surface area contributed by atoms with Gasteiger partial charge in [0.25, 0.3) is 0 Å². The second-order valence-electron chi connectivity index (χ2n) is 15.0. The van der Waals surface area contributed by atoms with Crippen molar-refractivity contribution in [1.29, 1.82) is 0 Å². The number of fused-ring (bicyclic) bond motifs is 5. The van der Waals surface area contributed by atoms with Gasteiger partial charge in [-0.05, 0) is 117 Å². The summed E-state index contributed by atoms with van der Waals surface area (Å²) < 4.78 is 0. The molecule has 4 fully saturated rings. The molecule has 0 unspecified atom stereocenters. The molecule has 0 saturated heterocycles. The topological polar surface area (TPSA) is 36.4 Å². The highest BCUT2D eigenvalue weighted by molar-refractivity contribution is 7.80. The van der Waals surface area contributed by atoms with Crippen LogP contribution in [0.2, 0.25) is 0 Å². The molecule has 5 rings (SSSR count). The number of hydrogen-bond donors (Lipinski definition) is 2. The number of nitrogens with zero attached hydrogens (tertiary/aromatic N) is 1. The normalized spacial score (nSPS) is 39.2. The first-order valence-electron chi connectivity index (χ1n) is 16.6. The predicted molar refractivity (Wildman–Crippen MR) is 166 cm³/mol. The molecule has 2 N–H and O–H groups in total. The summed E-state index contributed by atoms with van der Waals surface area (Å²) in [6.07, 6.45) is 24.2. The first kappa shape index (κ1) is 28.6. The van der Waals surface area contributed by atoms with Crippen molar-refractivity contribution in [1.82, 2.24) is 10.7 Å². The van der Waals surface area contributed by atoms with E-state index in [9.17, 15) is 0 Å². The molecule has 4 saturated carbocycles. The van der Waals surface area contributed by atoms with Crippen molar-refractivity contribution in [2.24, 2.45) is 51.4 Å². The fourth-order valence-corrected chi connectivity index (χ4v) is 10.4. The molecule has 5 aliphatic rings. The summed E-state index contributed by atoms with van der Waals surface area (Å²) in [5, 5.41) is 9.50. The zero-order valence-electron chi connectivity index (χ0n) is 25.3. The molecule has 7 atom stereocenters. The average molecular weight is 540 g/mol. The fourth-order valence-electron chi connectivity index (χ4n) is 10.2. The Hall–Kier alpha value is -0.900. The van der Waals surface area contributed by atoms with Crippen molar-refractivity contribution >= 4 is 23.0 Å². The number of hydrazone groups is 1. The molecule has 38 heavy (non-hydrogen) atoms. The highest BCUT2D eigenvalue weighted by atomic mass is 32.1. The average Bonchev–Trinajstić information content (AvgIpc) is 3.25. The zero-order chi connectivity index (χ0) is 26.9. The van der Waals surface area contributed by atoms with E-state index >= 15 is 0 Å². The van der Waals surface area contributed by atoms with Crippen molar-refractivity contribution in [2.45, 2.75) is 143 Å². The van der Waals surface area contributed by atoms with Crippen LogP contribution in [-0.2, 0) is 0 Å². The van der Waals surface area contributed by atoms with E-state index in [4.69, 9.17) is 17.3 Å². The van der Waals surface area contributed by atoms with Crippen LogP contribution in [0, 0.1) is 46.3 Å². The van der Waals surface area contributed by atoms with Gasteiger partial charge >= 0.3 is 0 Å². The molecular weight excluding hydrogens is 482 g/mol. The van der Waals surface area contributed by atoms with Gasteiger partial charge in [0.2, 0.25) is 0 Å². The van der Waals surface area contributed by atoms with E-state index in [0.29, 0.717) is 22.8 Å². The van der Waals surface area contributed by atoms with Gasteiger partial charge in [0.1, 0.15) is 0 Å². The number of rotatable bonds is 7. The highest BCUT2D eigenvalue weighted by Crippen LogP contribution is 2.66. The molecule has 3 nitrogen and oxygen atoms in total. The van der Waals surface area contributed by atoms with Crippen molar-refractivity contribution < 1.29 is 0 Å². The van der Waals surface area contributed by atoms with Gasteiger partial charge in [0.05, 0.1) is 5.71 Å². The lowest BCUT2D eigenvalue weighted by Crippen LogP contribution is -2.53. The lowest BCUT2D eigenvalue weighted by Gasteiger charge is -2.58.